The number of fused-ring (bicyclic) bond motifs is 1. The SMILES string of the molecule is COCCn1c(=O)n(C2CC(C)(C)C2)c(=O)c2c(C)c([CH]=[Mn])sc21. The Labute approximate surface area is 152 Å². The van der Waals surface area contributed by atoms with Gasteiger partial charge < -0.3 is 0 Å². The van der Waals surface area contributed by atoms with E-state index in [0.29, 0.717) is 18.5 Å². The Morgan fingerprint density at radius 2 is 2.04 bits per heavy atom. The summed E-state index contributed by atoms with van der Waals surface area (Å²) < 4.78 is 8.33. The van der Waals surface area contributed by atoms with E-state index < -0.39 is 0 Å². The number of hydrogen-bond acceptors (Lipinski definition) is 4. The second-order valence-electron chi connectivity index (χ2n) is 7.21. The van der Waals surface area contributed by atoms with Crippen LogP contribution >= 0.6 is 11.3 Å². The summed E-state index contributed by atoms with van der Waals surface area (Å²) in [5.74, 6) is 0. The van der Waals surface area contributed by atoms with Crippen molar-refractivity contribution in [2.45, 2.75) is 46.2 Å². The predicted molar refractivity (Wildman–Crippen MR) is 94.2 cm³/mol. The normalized spacial score (nSPS) is 17.2. The van der Waals surface area contributed by atoms with Crippen molar-refractivity contribution in [2.24, 2.45) is 5.41 Å². The molecule has 2 aromatic heterocycles. The van der Waals surface area contributed by atoms with E-state index in [0.717, 1.165) is 28.1 Å². The average Bonchev–Trinajstić information content (AvgIpc) is 2.82. The van der Waals surface area contributed by atoms with Crippen molar-refractivity contribution in [1.82, 2.24) is 9.13 Å². The van der Waals surface area contributed by atoms with E-state index in [1.54, 1.807) is 11.7 Å². The molecule has 131 valence electrons. The van der Waals surface area contributed by atoms with Gasteiger partial charge in [-0.25, -0.2) is 0 Å². The zero-order chi connectivity index (χ0) is 17.6. The Kier molecular flexibility index (Phi) is 4.73. The second-order valence-corrected chi connectivity index (χ2v) is 8.58. The second kappa shape index (κ2) is 6.37. The summed E-state index contributed by atoms with van der Waals surface area (Å²) in [6, 6.07) is -0.00565. The molecule has 5 nitrogen and oxygen atoms in total. The van der Waals surface area contributed by atoms with Gasteiger partial charge in [0.15, 0.2) is 0 Å². The first-order valence-electron chi connectivity index (χ1n) is 8.01. The molecule has 0 spiro atoms. The van der Waals surface area contributed by atoms with Gasteiger partial charge in [0.1, 0.15) is 0 Å². The molecule has 3 rings (SSSR count). The van der Waals surface area contributed by atoms with Crippen LogP contribution in [-0.2, 0) is 26.9 Å². The van der Waals surface area contributed by atoms with Gasteiger partial charge >= 0.3 is 153 Å². The van der Waals surface area contributed by atoms with Gasteiger partial charge in [0.2, 0.25) is 0 Å². The van der Waals surface area contributed by atoms with Gasteiger partial charge in [-0.05, 0) is 0 Å². The van der Waals surface area contributed by atoms with Gasteiger partial charge in [-0.3, -0.25) is 0 Å². The summed E-state index contributed by atoms with van der Waals surface area (Å²) in [7, 11) is 1.62. The first kappa shape index (κ1) is 17.8. The summed E-state index contributed by atoms with van der Waals surface area (Å²) in [6.45, 7) is 7.17. The monoisotopic (exact) mass is 389 g/mol. The van der Waals surface area contributed by atoms with Crippen molar-refractivity contribution in [1.29, 1.82) is 0 Å². The number of aromatic nitrogens is 2. The van der Waals surface area contributed by atoms with Crippen molar-refractivity contribution in [3.63, 3.8) is 0 Å². The summed E-state index contributed by atoms with van der Waals surface area (Å²) in [5.41, 5.74) is 0.753. The summed E-state index contributed by atoms with van der Waals surface area (Å²) in [6.07, 6.45) is 1.72. The van der Waals surface area contributed by atoms with Crippen LogP contribution < -0.4 is 11.2 Å². The van der Waals surface area contributed by atoms with Crippen LogP contribution in [-0.4, -0.2) is 27.8 Å². The Hall–Kier alpha value is -1.01. The van der Waals surface area contributed by atoms with E-state index in [1.807, 2.05) is 11.8 Å². The van der Waals surface area contributed by atoms with Crippen LogP contribution in [0, 0.1) is 12.3 Å². The maximum absolute atomic E-state index is 13.1. The average molecular weight is 389 g/mol. The van der Waals surface area contributed by atoms with Crippen molar-refractivity contribution >= 4 is 26.5 Å². The fourth-order valence-electron chi connectivity index (χ4n) is 3.59. The van der Waals surface area contributed by atoms with E-state index in [2.05, 4.69) is 29.4 Å². The third kappa shape index (κ3) is 2.77. The van der Waals surface area contributed by atoms with Crippen LogP contribution in [0.5, 0.6) is 0 Å². The molecule has 2 heterocycles. The van der Waals surface area contributed by atoms with Crippen molar-refractivity contribution in [3.8, 4) is 0 Å². The van der Waals surface area contributed by atoms with Gasteiger partial charge in [-0.15, -0.1) is 0 Å². The minimum atomic E-state index is -0.215. The van der Waals surface area contributed by atoms with Gasteiger partial charge in [0, 0.05) is 0 Å². The number of thiophene rings is 1. The van der Waals surface area contributed by atoms with E-state index in [1.165, 1.54) is 15.9 Å². The van der Waals surface area contributed by atoms with Crippen molar-refractivity contribution in [2.75, 3.05) is 13.7 Å². The molecule has 1 aliphatic carbocycles. The molecule has 0 saturated heterocycles. The Balaban J connectivity index is 2.28. The van der Waals surface area contributed by atoms with Crippen LogP contribution in [0.2, 0.25) is 0 Å². The standard InChI is InChI=1S/C17H22N2O3S.Mn/c1-10-11(2)23-15-13(10)14(20)19(12-8-17(3,4)9-12)16(21)18(15)6-7-22-5;/h2,12H,6-9H2,1,3-5H3;. The topological polar surface area (TPSA) is 53.2 Å². The first-order chi connectivity index (χ1) is 11.3. The zero-order valence-electron chi connectivity index (χ0n) is 14.4. The summed E-state index contributed by atoms with van der Waals surface area (Å²) in [5, 5.41) is 0.658. The number of aryl methyl sites for hydroxylation is 1. The van der Waals surface area contributed by atoms with Crippen LogP contribution in [0.25, 0.3) is 10.2 Å². The van der Waals surface area contributed by atoms with E-state index >= 15 is 0 Å². The molecule has 1 saturated carbocycles. The molecule has 2 aromatic rings. The van der Waals surface area contributed by atoms with Gasteiger partial charge in [0.05, 0.1) is 0 Å². The molecule has 0 unspecified atom stereocenters. The molecule has 0 aliphatic heterocycles. The molecule has 0 amide bonds. The molecule has 1 aliphatic rings. The maximum atomic E-state index is 13.1. The molecular weight excluding hydrogens is 367 g/mol. The molecule has 0 atom stereocenters. The molecule has 0 N–H and O–H groups in total. The number of hydrogen-bond donors (Lipinski definition) is 0. The third-order valence-electron chi connectivity index (χ3n) is 4.84. The summed E-state index contributed by atoms with van der Waals surface area (Å²) >= 11 is 4.83. The van der Waals surface area contributed by atoms with Crippen LogP contribution in [0.1, 0.15) is 43.2 Å². The predicted octanol–water partition coefficient (Wildman–Crippen LogP) is 2.24. The molecular formula is C17H22MnN2O3S. The van der Waals surface area contributed by atoms with E-state index in [-0.39, 0.29) is 22.7 Å². The Morgan fingerprint density at radius 1 is 1.38 bits per heavy atom. The van der Waals surface area contributed by atoms with Crippen LogP contribution in [0.4, 0.5) is 0 Å². The number of ether oxygens (including phenoxy) is 1. The molecule has 24 heavy (non-hydrogen) atoms. The fourth-order valence-corrected chi connectivity index (χ4v) is 5.18. The van der Waals surface area contributed by atoms with Gasteiger partial charge in [-0.2, -0.15) is 0 Å². The van der Waals surface area contributed by atoms with Crippen molar-refractivity contribution < 1.29 is 20.3 Å². The van der Waals surface area contributed by atoms with E-state index in [4.69, 9.17) is 4.74 Å². The summed E-state index contributed by atoms with van der Waals surface area (Å²) in [4.78, 5) is 29.6. The van der Waals surface area contributed by atoms with Gasteiger partial charge in [-0.1, -0.05) is 0 Å². The quantitative estimate of drug-likeness (QED) is 0.737. The van der Waals surface area contributed by atoms with Crippen LogP contribution in [0.3, 0.4) is 0 Å². The third-order valence-corrected chi connectivity index (χ3v) is 6.66. The van der Waals surface area contributed by atoms with Gasteiger partial charge in [0.25, 0.3) is 0 Å². The molecule has 1 fully saturated rings. The minimum absolute atomic E-state index is 0.00565. The van der Waals surface area contributed by atoms with E-state index in [9.17, 15) is 9.59 Å². The number of nitrogens with zero attached hydrogens (tertiary/aromatic N) is 2. The zero-order valence-corrected chi connectivity index (χ0v) is 16.4. The first-order valence-corrected chi connectivity index (χ1v) is 9.51. The molecule has 7 heteroatoms. The molecule has 0 radical (unpaired) electrons. The van der Waals surface area contributed by atoms with Crippen LogP contribution in [0.15, 0.2) is 9.59 Å². The Bertz CT molecular complexity index is 915. The molecule has 0 bridgehead atoms. The fraction of sp³-hybridized carbons (Fsp3) is 0.588. The molecule has 0 aromatic carbocycles. The number of methoxy groups -OCH3 is 1. The Morgan fingerprint density at radius 3 is 2.58 bits per heavy atom. The number of rotatable bonds is 5. The van der Waals surface area contributed by atoms with Crippen molar-refractivity contribution in [3.05, 3.63) is 31.3 Å².